The lowest BCUT2D eigenvalue weighted by Crippen LogP contribution is -2.42. The molecule has 0 aliphatic carbocycles. The van der Waals surface area contributed by atoms with E-state index in [1.807, 2.05) is 0 Å². The van der Waals surface area contributed by atoms with Crippen molar-refractivity contribution in [2.45, 2.75) is 23.8 Å². The quantitative estimate of drug-likeness (QED) is 0.786. The number of benzene rings is 1. The molecule has 1 aromatic heterocycles. The first-order valence-electron chi connectivity index (χ1n) is 7.01. The number of carboxylic acid groups (broad SMARTS) is 1. The second-order valence-electron chi connectivity index (χ2n) is 5.37. The van der Waals surface area contributed by atoms with Gasteiger partial charge in [0.1, 0.15) is 22.0 Å². The molecule has 0 radical (unpaired) electrons. The zero-order chi connectivity index (χ0) is 16.4. The number of fused-ring (bicyclic) bond motifs is 1. The molecule has 2 heterocycles. The number of carbonyl (C=O) groups is 1. The molecule has 1 aromatic carbocycles. The number of nitrogens with one attached hydrogen (secondary N) is 1. The lowest BCUT2D eigenvalue weighted by Gasteiger charge is -2.17. The Morgan fingerprint density at radius 1 is 1.48 bits per heavy atom. The van der Waals surface area contributed by atoms with Gasteiger partial charge in [-0.25, -0.2) is 8.42 Å². The number of hydrogen-bond acceptors (Lipinski definition) is 7. The highest BCUT2D eigenvalue weighted by molar-refractivity contribution is 7.89. The van der Waals surface area contributed by atoms with Gasteiger partial charge >= 0.3 is 5.97 Å². The summed E-state index contributed by atoms with van der Waals surface area (Å²) in [6.45, 7) is 1.03. The summed E-state index contributed by atoms with van der Waals surface area (Å²) in [5.74, 6) is -1.17. The van der Waals surface area contributed by atoms with Crippen LogP contribution >= 0.6 is 11.7 Å². The van der Waals surface area contributed by atoms with Crippen molar-refractivity contribution < 1.29 is 23.1 Å². The van der Waals surface area contributed by atoms with Crippen molar-refractivity contribution in [1.29, 1.82) is 0 Å². The van der Waals surface area contributed by atoms with Gasteiger partial charge < -0.3 is 9.84 Å². The summed E-state index contributed by atoms with van der Waals surface area (Å²) >= 11 is 0.909. The first kappa shape index (κ1) is 16.2. The maximum absolute atomic E-state index is 12.6. The molecule has 2 N–H and O–H groups in total. The minimum Gasteiger partial charge on any atom is -0.480 e. The van der Waals surface area contributed by atoms with E-state index in [-0.39, 0.29) is 22.8 Å². The summed E-state index contributed by atoms with van der Waals surface area (Å²) in [6, 6.07) is 3.40. The summed E-state index contributed by atoms with van der Waals surface area (Å²) in [4.78, 5) is 11.4. The van der Waals surface area contributed by atoms with Crippen LogP contribution in [-0.4, -0.2) is 47.5 Å². The molecular formula is C13H15N3O5S2. The molecule has 0 saturated carbocycles. The van der Waals surface area contributed by atoms with Gasteiger partial charge in [-0.2, -0.15) is 13.5 Å². The average molecular weight is 357 g/mol. The number of rotatable bonds is 6. The highest BCUT2D eigenvalue weighted by Gasteiger charge is 2.30. The lowest BCUT2D eigenvalue weighted by atomic mass is 10.00. The number of ether oxygens (including phenoxy) is 1. The summed E-state index contributed by atoms with van der Waals surface area (Å²) in [7, 11) is -4.01. The minimum atomic E-state index is -4.01. The maximum Gasteiger partial charge on any atom is 0.321 e. The molecule has 2 atom stereocenters. The largest absolute Gasteiger partial charge is 0.480 e. The molecule has 3 rings (SSSR count). The Morgan fingerprint density at radius 2 is 2.30 bits per heavy atom. The molecule has 1 aliphatic heterocycles. The van der Waals surface area contributed by atoms with Crippen LogP contribution < -0.4 is 4.72 Å². The third-order valence-corrected chi connectivity index (χ3v) is 5.77. The fraction of sp³-hybridized carbons (Fsp3) is 0.462. The number of carboxylic acids is 1. The van der Waals surface area contributed by atoms with Crippen molar-refractivity contribution in [2.75, 3.05) is 13.2 Å². The molecule has 2 unspecified atom stereocenters. The van der Waals surface area contributed by atoms with Gasteiger partial charge in [0.05, 0.1) is 11.7 Å². The molecule has 1 aliphatic rings. The molecule has 0 amide bonds. The smallest absolute Gasteiger partial charge is 0.321 e. The number of aromatic nitrogens is 2. The Hall–Kier alpha value is -1.62. The zero-order valence-electron chi connectivity index (χ0n) is 12.0. The third-order valence-electron chi connectivity index (χ3n) is 3.73. The SMILES string of the molecule is O=C(O)C(CC1CCOC1)NS(=O)(=O)c1cccc2nsnc12. The summed E-state index contributed by atoms with van der Waals surface area (Å²) < 4.78 is 40.6. The van der Waals surface area contributed by atoms with Crippen LogP contribution in [0, 0.1) is 5.92 Å². The van der Waals surface area contributed by atoms with Crippen molar-refractivity contribution in [3.05, 3.63) is 18.2 Å². The van der Waals surface area contributed by atoms with E-state index in [4.69, 9.17) is 4.74 Å². The van der Waals surface area contributed by atoms with E-state index in [1.54, 1.807) is 12.1 Å². The molecule has 23 heavy (non-hydrogen) atoms. The second kappa shape index (κ2) is 6.48. The van der Waals surface area contributed by atoms with Gasteiger partial charge in [-0.05, 0) is 30.9 Å². The van der Waals surface area contributed by atoms with Crippen LogP contribution in [0.1, 0.15) is 12.8 Å². The van der Waals surface area contributed by atoms with E-state index in [9.17, 15) is 18.3 Å². The number of hydrogen-bond donors (Lipinski definition) is 2. The lowest BCUT2D eigenvalue weighted by molar-refractivity contribution is -0.139. The fourth-order valence-electron chi connectivity index (χ4n) is 2.55. The molecule has 10 heteroatoms. The van der Waals surface area contributed by atoms with Gasteiger partial charge in [0.25, 0.3) is 0 Å². The van der Waals surface area contributed by atoms with Crippen LogP contribution in [0.15, 0.2) is 23.1 Å². The van der Waals surface area contributed by atoms with Crippen LogP contribution in [0.2, 0.25) is 0 Å². The van der Waals surface area contributed by atoms with Gasteiger partial charge in [0.15, 0.2) is 0 Å². The van der Waals surface area contributed by atoms with E-state index in [0.29, 0.717) is 18.7 Å². The van der Waals surface area contributed by atoms with E-state index in [2.05, 4.69) is 13.5 Å². The van der Waals surface area contributed by atoms with Gasteiger partial charge in [-0.15, -0.1) is 0 Å². The van der Waals surface area contributed by atoms with Gasteiger partial charge in [-0.3, -0.25) is 4.79 Å². The van der Waals surface area contributed by atoms with Crippen molar-refractivity contribution in [1.82, 2.24) is 13.5 Å². The third kappa shape index (κ3) is 3.50. The summed E-state index contributed by atoms with van der Waals surface area (Å²) in [5.41, 5.74) is 0.715. The van der Waals surface area contributed by atoms with E-state index in [0.717, 1.165) is 18.1 Å². The van der Waals surface area contributed by atoms with Crippen LogP contribution in [0.4, 0.5) is 0 Å². The number of nitrogens with zero attached hydrogens (tertiary/aromatic N) is 2. The first-order valence-corrected chi connectivity index (χ1v) is 9.23. The highest BCUT2D eigenvalue weighted by Crippen LogP contribution is 2.23. The second-order valence-corrected chi connectivity index (χ2v) is 7.58. The van der Waals surface area contributed by atoms with E-state index in [1.165, 1.54) is 6.07 Å². The predicted octanol–water partition coefficient (Wildman–Crippen LogP) is 0.849. The fourth-order valence-corrected chi connectivity index (χ4v) is 4.52. The van der Waals surface area contributed by atoms with Crippen LogP contribution in [0.3, 0.4) is 0 Å². The Kier molecular flexibility index (Phi) is 4.57. The first-order chi connectivity index (χ1) is 11.0. The van der Waals surface area contributed by atoms with Crippen LogP contribution in [0.25, 0.3) is 11.0 Å². The van der Waals surface area contributed by atoms with Crippen LogP contribution in [0.5, 0.6) is 0 Å². The van der Waals surface area contributed by atoms with Crippen LogP contribution in [-0.2, 0) is 19.6 Å². The molecule has 2 aromatic rings. The molecule has 8 nitrogen and oxygen atoms in total. The van der Waals surface area contributed by atoms with Gasteiger partial charge in [-0.1, -0.05) is 6.07 Å². The number of sulfonamides is 1. The standard InChI is InChI=1S/C13H15N3O5S2/c17-13(18)10(6-8-4-5-21-7-8)16-23(19,20)11-3-1-2-9-12(11)15-22-14-9/h1-3,8,10,16H,4-7H2,(H,17,18). The normalized spacial score (nSPS) is 19.9. The van der Waals surface area contributed by atoms with Crippen molar-refractivity contribution in [3.8, 4) is 0 Å². The molecule has 0 bridgehead atoms. The topological polar surface area (TPSA) is 118 Å². The predicted molar refractivity (Wildman–Crippen MR) is 82.7 cm³/mol. The minimum absolute atomic E-state index is 0.0375. The van der Waals surface area contributed by atoms with Crippen molar-refractivity contribution >= 4 is 38.8 Å². The summed E-state index contributed by atoms with van der Waals surface area (Å²) in [6.07, 6.45) is 0.928. The molecule has 1 saturated heterocycles. The summed E-state index contributed by atoms with van der Waals surface area (Å²) in [5, 5.41) is 9.32. The Balaban J connectivity index is 1.86. The zero-order valence-corrected chi connectivity index (χ0v) is 13.6. The van der Waals surface area contributed by atoms with Gasteiger partial charge in [0, 0.05) is 13.2 Å². The number of aliphatic carboxylic acids is 1. The van der Waals surface area contributed by atoms with Crippen molar-refractivity contribution in [3.63, 3.8) is 0 Å². The molecule has 0 spiro atoms. The maximum atomic E-state index is 12.6. The monoisotopic (exact) mass is 357 g/mol. The van der Waals surface area contributed by atoms with E-state index >= 15 is 0 Å². The molecular weight excluding hydrogens is 342 g/mol. The molecule has 124 valence electrons. The highest BCUT2D eigenvalue weighted by atomic mass is 32.2. The Morgan fingerprint density at radius 3 is 3.00 bits per heavy atom. The Labute approximate surface area is 136 Å². The van der Waals surface area contributed by atoms with Crippen molar-refractivity contribution in [2.24, 2.45) is 5.92 Å². The average Bonchev–Trinajstić information content (AvgIpc) is 3.16. The van der Waals surface area contributed by atoms with E-state index < -0.39 is 22.0 Å². The Bertz CT molecular complexity index is 814. The molecule has 1 fully saturated rings. The van der Waals surface area contributed by atoms with Gasteiger partial charge in [0.2, 0.25) is 10.0 Å².